The quantitative estimate of drug-likeness (QED) is 0.684. The molecule has 2 aromatic heterocycles. The van der Waals surface area contributed by atoms with Crippen LogP contribution in [0.5, 0.6) is 0 Å². The summed E-state index contributed by atoms with van der Waals surface area (Å²) in [7, 11) is 1.98. The number of H-pyrrole nitrogens is 2. The van der Waals surface area contributed by atoms with Gasteiger partial charge in [-0.25, -0.2) is 14.9 Å². The number of nitrogens with one attached hydrogen (secondary N) is 2. The second-order valence-corrected chi connectivity index (χ2v) is 6.62. The van der Waals surface area contributed by atoms with Crippen molar-refractivity contribution in [2.75, 3.05) is 25.0 Å². The minimum absolute atomic E-state index is 0.0495. The number of nitrogens with zero attached hydrogens (tertiary/aromatic N) is 4. The van der Waals surface area contributed by atoms with Gasteiger partial charge in [-0.1, -0.05) is 30.8 Å². The first kappa shape index (κ1) is 17.0. The topological polar surface area (TPSA) is 98.0 Å². The maximum absolute atomic E-state index is 11.9. The van der Waals surface area contributed by atoms with E-state index in [9.17, 15) is 9.59 Å². The van der Waals surface area contributed by atoms with Gasteiger partial charge in [0, 0.05) is 31.6 Å². The van der Waals surface area contributed by atoms with Crippen LogP contribution in [0, 0.1) is 0 Å². The van der Waals surface area contributed by atoms with Crippen LogP contribution < -0.4 is 10.6 Å². The number of pyridine rings is 1. The molecule has 8 heteroatoms. The number of fused-ring (bicyclic) bond motifs is 1. The lowest BCUT2D eigenvalue weighted by molar-refractivity contribution is -0.125. The standard InChI is InChI=1S/C19H20N6O2/c1-3-16(26)25-9-8-13(11-25)24(2)18-14-7-5-4-6-12(14)10-15(20-18)17-21-19(27)23-22-17/h3-7,10,13H,1,8-9,11H2,2H3,(H2,21,22,23,27)/t13-/m0/s1. The van der Waals surface area contributed by atoms with Crippen LogP contribution in [0.2, 0.25) is 0 Å². The number of anilines is 1. The molecule has 1 atom stereocenters. The Morgan fingerprint density at radius 2 is 2.22 bits per heavy atom. The number of rotatable bonds is 4. The van der Waals surface area contributed by atoms with E-state index in [0.29, 0.717) is 24.6 Å². The third kappa shape index (κ3) is 3.10. The molecule has 1 aliphatic rings. The van der Waals surface area contributed by atoms with Crippen LogP contribution in [0.1, 0.15) is 6.42 Å². The SMILES string of the molecule is C=CC(=O)N1CC[C@H](N(C)c2nc(-c3n[nH]c(=O)[nH]3)cc3ccccc23)C1. The zero-order valence-electron chi connectivity index (χ0n) is 15.0. The zero-order valence-corrected chi connectivity index (χ0v) is 15.0. The third-order valence-corrected chi connectivity index (χ3v) is 5.00. The number of likely N-dealkylation sites (N-methyl/N-ethyl adjacent to an activating group) is 1. The maximum Gasteiger partial charge on any atom is 0.340 e. The highest BCUT2D eigenvalue weighted by Crippen LogP contribution is 2.30. The summed E-state index contributed by atoms with van der Waals surface area (Å²) in [4.78, 5) is 34.7. The van der Waals surface area contributed by atoms with E-state index in [1.54, 1.807) is 4.90 Å². The highest BCUT2D eigenvalue weighted by Gasteiger charge is 2.29. The molecule has 1 amide bonds. The Bertz CT molecular complexity index is 1070. The molecule has 8 nitrogen and oxygen atoms in total. The second kappa shape index (κ2) is 6.71. The van der Waals surface area contributed by atoms with Crippen LogP contribution >= 0.6 is 0 Å². The Balaban J connectivity index is 1.75. The highest BCUT2D eigenvalue weighted by molar-refractivity contribution is 5.94. The highest BCUT2D eigenvalue weighted by atomic mass is 16.2. The molecule has 0 bridgehead atoms. The van der Waals surface area contributed by atoms with Gasteiger partial charge in [0.2, 0.25) is 5.91 Å². The molecule has 0 spiro atoms. The van der Waals surface area contributed by atoms with E-state index >= 15 is 0 Å². The first-order valence-corrected chi connectivity index (χ1v) is 8.76. The van der Waals surface area contributed by atoms with Crippen molar-refractivity contribution in [1.29, 1.82) is 0 Å². The minimum atomic E-state index is -0.371. The molecule has 3 heterocycles. The normalized spacial score (nSPS) is 16.6. The number of likely N-dealkylation sites (tertiary alicyclic amines) is 1. The Hall–Kier alpha value is -3.42. The first-order chi connectivity index (χ1) is 13.1. The predicted octanol–water partition coefficient (Wildman–Crippen LogP) is 1.54. The summed E-state index contributed by atoms with van der Waals surface area (Å²) in [5.74, 6) is 1.15. The van der Waals surface area contributed by atoms with E-state index in [-0.39, 0.29) is 17.6 Å². The molecule has 1 saturated heterocycles. The fraction of sp³-hybridized carbons (Fsp3) is 0.263. The van der Waals surface area contributed by atoms with Gasteiger partial charge in [-0.15, -0.1) is 0 Å². The predicted molar refractivity (Wildman–Crippen MR) is 104 cm³/mol. The first-order valence-electron chi connectivity index (χ1n) is 8.76. The summed E-state index contributed by atoms with van der Waals surface area (Å²) in [6.07, 6.45) is 2.21. The second-order valence-electron chi connectivity index (χ2n) is 6.62. The van der Waals surface area contributed by atoms with Gasteiger partial charge < -0.3 is 9.80 Å². The van der Waals surface area contributed by atoms with Gasteiger partial charge >= 0.3 is 5.69 Å². The van der Waals surface area contributed by atoms with Crippen LogP contribution in [0.15, 0.2) is 47.8 Å². The number of hydrogen-bond donors (Lipinski definition) is 2. The lowest BCUT2D eigenvalue weighted by atomic mass is 10.1. The maximum atomic E-state index is 11.9. The number of carbonyl (C=O) groups is 1. The molecule has 2 N–H and O–H groups in total. The van der Waals surface area contributed by atoms with Gasteiger partial charge in [0.15, 0.2) is 5.82 Å². The van der Waals surface area contributed by atoms with Gasteiger partial charge in [-0.05, 0) is 23.9 Å². The molecule has 0 aliphatic carbocycles. The van der Waals surface area contributed by atoms with E-state index in [2.05, 4.69) is 26.7 Å². The average Bonchev–Trinajstić information content (AvgIpc) is 3.35. The average molecular weight is 364 g/mol. The number of benzene rings is 1. The largest absolute Gasteiger partial charge is 0.354 e. The van der Waals surface area contributed by atoms with Crippen LogP contribution in [0.3, 0.4) is 0 Å². The fourth-order valence-corrected chi connectivity index (χ4v) is 3.52. The van der Waals surface area contributed by atoms with Crippen molar-refractivity contribution in [2.24, 2.45) is 0 Å². The summed E-state index contributed by atoms with van der Waals surface area (Å²) in [6.45, 7) is 4.89. The van der Waals surface area contributed by atoms with Crippen molar-refractivity contribution < 1.29 is 4.79 Å². The number of aromatic nitrogens is 4. The number of carbonyl (C=O) groups excluding carboxylic acids is 1. The van der Waals surface area contributed by atoms with E-state index in [1.165, 1.54) is 6.08 Å². The van der Waals surface area contributed by atoms with E-state index < -0.39 is 0 Å². The van der Waals surface area contributed by atoms with Gasteiger partial charge in [-0.2, -0.15) is 5.10 Å². The van der Waals surface area contributed by atoms with Gasteiger partial charge in [-0.3, -0.25) is 9.78 Å². The zero-order chi connectivity index (χ0) is 19.0. The molecule has 138 valence electrons. The van der Waals surface area contributed by atoms with Gasteiger partial charge in [0.1, 0.15) is 11.5 Å². The molecule has 1 aliphatic heterocycles. The van der Waals surface area contributed by atoms with Crippen molar-refractivity contribution >= 4 is 22.5 Å². The summed E-state index contributed by atoms with van der Waals surface area (Å²) < 4.78 is 0. The lowest BCUT2D eigenvalue weighted by Crippen LogP contribution is -2.36. The van der Waals surface area contributed by atoms with E-state index in [1.807, 2.05) is 37.4 Å². The molecule has 3 aromatic rings. The van der Waals surface area contributed by atoms with Crippen LogP contribution in [-0.4, -0.2) is 57.2 Å². The van der Waals surface area contributed by atoms with Crippen molar-refractivity contribution in [2.45, 2.75) is 12.5 Å². The van der Waals surface area contributed by atoms with Crippen LogP contribution in [-0.2, 0) is 4.79 Å². The summed E-state index contributed by atoms with van der Waals surface area (Å²) in [5.41, 5.74) is 0.218. The third-order valence-electron chi connectivity index (χ3n) is 5.00. The smallest absolute Gasteiger partial charge is 0.340 e. The van der Waals surface area contributed by atoms with Crippen molar-refractivity contribution in [3.8, 4) is 11.5 Å². The van der Waals surface area contributed by atoms with Crippen molar-refractivity contribution in [3.63, 3.8) is 0 Å². The molecular formula is C19H20N6O2. The van der Waals surface area contributed by atoms with Crippen molar-refractivity contribution in [3.05, 3.63) is 53.5 Å². The van der Waals surface area contributed by atoms with Gasteiger partial charge in [0.05, 0.1) is 0 Å². The minimum Gasteiger partial charge on any atom is -0.354 e. The monoisotopic (exact) mass is 364 g/mol. The molecule has 27 heavy (non-hydrogen) atoms. The molecule has 0 saturated carbocycles. The Morgan fingerprint density at radius 3 is 2.96 bits per heavy atom. The summed E-state index contributed by atoms with van der Waals surface area (Å²) >= 11 is 0. The van der Waals surface area contributed by atoms with E-state index in [0.717, 1.165) is 23.0 Å². The van der Waals surface area contributed by atoms with Gasteiger partial charge in [0.25, 0.3) is 0 Å². The Morgan fingerprint density at radius 1 is 1.41 bits per heavy atom. The van der Waals surface area contributed by atoms with E-state index in [4.69, 9.17) is 4.98 Å². The number of amides is 1. The Labute approximate surface area is 155 Å². The van der Waals surface area contributed by atoms with Crippen LogP contribution in [0.25, 0.3) is 22.3 Å². The number of hydrogen-bond acceptors (Lipinski definition) is 5. The molecule has 1 aromatic carbocycles. The lowest BCUT2D eigenvalue weighted by Gasteiger charge is -2.27. The fourth-order valence-electron chi connectivity index (χ4n) is 3.52. The van der Waals surface area contributed by atoms with Crippen LogP contribution in [0.4, 0.5) is 5.82 Å². The molecule has 0 unspecified atom stereocenters. The van der Waals surface area contributed by atoms with Crippen molar-refractivity contribution in [1.82, 2.24) is 25.1 Å². The summed E-state index contributed by atoms with van der Waals surface area (Å²) in [6, 6.07) is 10.0. The summed E-state index contributed by atoms with van der Waals surface area (Å²) in [5, 5.41) is 8.39. The molecule has 1 fully saturated rings. The molecule has 0 radical (unpaired) electrons. The molecular weight excluding hydrogens is 344 g/mol. The number of aromatic amines is 2. The molecule has 4 rings (SSSR count). The Kier molecular flexibility index (Phi) is 4.23.